The lowest BCUT2D eigenvalue weighted by atomic mass is 9.95. The summed E-state index contributed by atoms with van der Waals surface area (Å²) in [6, 6.07) is 47.8. The second kappa shape index (κ2) is 9.87. The quantitative estimate of drug-likeness (QED) is 0.194. The van der Waals surface area contributed by atoms with E-state index in [2.05, 4.69) is 145 Å². The van der Waals surface area contributed by atoms with Crippen LogP contribution in [0.4, 0.5) is 0 Å². The first-order chi connectivity index (χ1) is 21.8. The molecule has 6 aromatic carbocycles. The molecule has 0 aliphatic carbocycles. The van der Waals surface area contributed by atoms with Crippen LogP contribution in [0.25, 0.3) is 86.7 Å². The highest BCUT2D eigenvalue weighted by Crippen LogP contribution is 2.43. The fourth-order valence-corrected chi connectivity index (χ4v) is 8.00. The molecule has 0 unspecified atom stereocenters. The molecule has 0 N–H and O–H groups in total. The second-order valence-electron chi connectivity index (χ2n) is 11.3. The minimum absolute atomic E-state index is 0.864. The number of para-hydroxylation sites is 3. The molecule has 0 fully saturated rings. The molecule has 0 spiro atoms. The van der Waals surface area contributed by atoms with Crippen LogP contribution in [0.15, 0.2) is 133 Å². The van der Waals surface area contributed by atoms with Gasteiger partial charge in [-0.25, -0.2) is 9.97 Å². The highest BCUT2D eigenvalue weighted by atomic mass is 32.1. The second-order valence-corrected chi connectivity index (χ2v) is 12.3. The monoisotopic (exact) mass is 581 g/mol. The molecule has 0 aliphatic rings. The Bertz CT molecular complexity index is 2550. The van der Waals surface area contributed by atoms with Crippen LogP contribution in [0.2, 0.25) is 0 Å². The Balaban J connectivity index is 1.23. The molecule has 0 saturated heterocycles. The molecule has 208 valence electrons. The van der Waals surface area contributed by atoms with Crippen LogP contribution in [-0.4, -0.2) is 14.5 Å². The van der Waals surface area contributed by atoms with Crippen LogP contribution in [0.5, 0.6) is 0 Å². The van der Waals surface area contributed by atoms with Gasteiger partial charge in [0.05, 0.1) is 22.2 Å². The maximum absolute atomic E-state index is 5.27. The van der Waals surface area contributed by atoms with E-state index >= 15 is 0 Å². The zero-order chi connectivity index (χ0) is 29.2. The van der Waals surface area contributed by atoms with Gasteiger partial charge in [-0.05, 0) is 54.4 Å². The average Bonchev–Trinajstić information content (AvgIpc) is 3.66. The van der Waals surface area contributed by atoms with Crippen molar-refractivity contribution in [2.45, 2.75) is 13.5 Å². The van der Waals surface area contributed by atoms with E-state index in [4.69, 9.17) is 9.97 Å². The molecule has 0 atom stereocenters. The average molecular weight is 582 g/mol. The number of fused-ring (bicyclic) bond motifs is 8. The van der Waals surface area contributed by atoms with Crippen LogP contribution in [-0.2, 0) is 6.54 Å². The van der Waals surface area contributed by atoms with E-state index in [0.29, 0.717) is 0 Å². The lowest BCUT2D eigenvalue weighted by molar-refractivity contribution is 0.796. The van der Waals surface area contributed by atoms with Gasteiger partial charge in [-0.3, -0.25) is 0 Å². The standard InChI is InChI=1S/C40H27N3S/c1-2-43-35-19-7-6-18-34(35)42-40(43)28-14-10-12-26(24-28)25-11-9-13-27(23-25)38-32-22-21-30-29-15-4-8-20-36(29)44-39(30)37(32)31-16-3-5-17-33(31)41-38/h3-24H,2H2,1H3. The molecule has 4 heteroatoms. The van der Waals surface area contributed by atoms with Crippen molar-refractivity contribution in [2.24, 2.45) is 0 Å². The van der Waals surface area contributed by atoms with Gasteiger partial charge in [-0.15, -0.1) is 11.3 Å². The molecule has 0 radical (unpaired) electrons. The highest BCUT2D eigenvalue weighted by Gasteiger charge is 2.17. The first-order valence-corrected chi connectivity index (χ1v) is 15.9. The van der Waals surface area contributed by atoms with E-state index in [-0.39, 0.29) is 0 Å². The topological polar surface area (TPSA) is 30.7 Å². The number of thiophene rings is 1. The zero-order valence-electron chi connectivity index (χ0n) is 24.2. The molecule has 3 nitrogen and oxygen atoms in total. The van der Waals surface area contributed by atoms with E-state index in [9.17, 15) is 0 Å². The van der Waals surface area contributed by atoms with Crippen molar-refractivity contribution in [3.05, 3.63) is 133 Å². The molecule has 0 saturated carbocycles. The number of benzene rings is 6. The molecule has 3 aromatic heterocycles. The number of aromatic nitrogens is 3. The van der Waals surface area contributed by atoms with Gasteiger partial charge < -0.3 is 4.57 Å². The molecule has 0 bridgehead atoms. The van der Waals surface area contributed by atoms with Crippen molar-refractivity contribution < 1.29 is 0 Å². The van der Waals surface area contributed by atoms with E-state index in [1.165, 1.54) is 41.8 Å². The molecular weight excluding hydrogens is 555 g/mol. The van der Waals surface area contributed by atoms with Crippen molar-refractivity contribution in [3.8, 4) is 33.8 Å². The summed E-state index contributed by atoms with van der Waals surface area (Å²) in [6.07, 6.45) is 0. The number of aryl methyl sites for hydroxylation is 1. The van der Waals surface area contributed by atoms with Crippen LogP contribution >= 0.6 is 11.3 Å². The minimum atomic E-state index is 0.864. The van der Waals surface area contributed by atoms with Gasteiger partial charge in [0.25, 0.3) is 0 Å². The summed E-state index contributed by atoms with van der Waals surface area (Å²) in [4.78, 5) is 10.3. The lowest BCUT2D eigenvalue weighted by Crippen LogP contribution is -1.97. The van der Waals surface area contributed by atoms with Crippen molar-refractivity contribution in [2.75, 3.05) is 0 Å². The number of hydrogen-bond acceptors (Lipinski definition) is 3. The van der Waals surface area contributed by atoms with E-state index in [0.717, 1.165) is 51.4 Å². The lowest BCUT2D eigenvalue weighted by Gasteiger charge is -2.13. The van der Waals surface area contributed by atoms with Gasteiger partial charge in [0.15, 0.2) is 0 Å². The van der Waals surface area contributed by atoms with Crippen molar-refractivity contribution >= 4 is 64.2 Å². The Morgan fingerprint density at radius 3 is 2.05 bits per heavy atom. The molecular formula is C40H27N3S. The Morgan fingerprint density at radius 2 is 1.20 bits per heavy atom. The maximum atomic E-state index is 5.27. The molecule has 44 heavy (non-hydrogen) atoms. The summed E-state index contributed by atoms with van der Waals surface area (Å²) in [6.45, 7) is 3.04. The summed E-state index contributed by atoms with van der Waals surface area (Å²) < 4.78 is 4.94. The Morgan fingerprint density at radius 1 is 0.545 bits per heavy atom. The highest BCUT2D eigenvalue weighted by molar-refractivity contribution is 7.26. The third-order valence-corrected chi connectivity index (χ3v) is 9.97. The fourth-order valence-electron chi connectivity index (χ4n) is 6.74. The summed E-state index contributed by atoms with van der Waals surface area (Å²) >= 11 is 1.88. The van der Waals surface area contributed by atoms with Crippen LogP contribution in [0, 0.1) is 0 Å². The summed E-state index contributed by atoms with van der Waals surface area (Å²) in [5.74, 6) is 1.00. The first kappa shape index (κ1) is 25.2. The predicted octanol–water partition coefficient (Wildman–Crippen LogP) is 11.1. The van der Waals surface area contributed by atoms with Gasteiger partial charge in [-0.2, -0.15) is 0 Å². The summed E-state index contributed by atoms with van der Waals surface area (Å²) in [7, 11) is 0. The number of imidazole rings is 1. The Kier molecular flexibility index (Phi) is 5.65. The van der Waals surface area contributed by atoms with Gasteiger partial charge >= 0.3 is 0 Å². The Labute approximate surface area is 258 Å². The van der Waals surface area contributed by atoms with Gasteiger partial charge in [0.1, 0.15) is 5.82 Å². The minimum Gasteiger partial charge on any atom is -0.324 e. The number of nitrogens with zero attached hydrogens (tertiary/aromatic N) is 3. The summed E-state index contributed by atoms with van der Waals surface area (Å²) in [5.41, 5.74) is 8.79. The molecule has 0 amide bonds. The van der Waals surface area contributed by atoms with Crippen molar-refractivity contribution in [1.29, 1.82) is 0 Å². The third kappa shape index (κ3) is 3.81. The normalized spacial score (nSPS) is 11.8. The van der Waals surface area contributed by atoms with Crippen LogP contribution < -0.4 is 0 Å². The van der Waals surface area contributed by atoms with Gasteiger partial charge in [0, 0.05) is 54.0 Å². The zero-order valence-corrected chi connectivity index (χ0v) is 25.0. The summed E-state index contributed by atoms with van der Waals surface area (Å²) in [5, 5.41) is 6.30. The number of rotatable bonds is 4. The molecule has 9 rings (SSSR count). The fraction of sp³-hybridized carbons (Fsp3) is 0.0500. The number of hydrogen-bond donors (Lipinski definition) is 0. The predicted molar refractivity (Wildman–Crippen MR) is 187 cm³/mol. The van der Waals surface area contributed by atoms with E-state index < -0.39 is 0 Å². The van der Waals surface area contributed by atoms with Crippen molar-refractivity contribution in [1.82, 2.24) is 14.5 Å². The van der Waals surface area contributed by atoms with Crippen LogP contribution in [0.1, 0.15) is 6.92 Å². The third-order valence-electron chi connectivity index (χ3n) is 8.77. The molecule has 9 aromatic rings. The van der Waals surface area contributed by atoms with E-state index in [1.807, 2.05) is 11.3 Å². The maximum Gasteiger partial charge on any atom is 0.141 e. The van der Waals surface area contributed by atoms with Crippen molar-refractivity contribution in [3.63, 3.8) is 0 Å². The Hall–Kier alpha value is -5.32. The smallest absolute Gasteiger partial charge is 0.141 e. The van der Waals surface area contributed by atoms with E-state index in [1.54, 1.807) is 0 Å². The first-order valence-electron chi connectivity index (χ1n) is 15.1. The largest absolute Gasteiger partial charge is 0.324 e. The SMILES string of the molecule is CCn1c(-c2cccc(-c3cccc(-c4nc5ccccc5c5c4ccc4c6ccccc6sc45)c3)c2)nc2ccccc21. The van der Waals surface area contributed by atoms with Gasteiger partial charge in [0.2, 0.25) is 0 Å². The number of pyridine rings is 1. The molecule has 3 heterocycles. The molecule has 0 aliphatic heterocycles. The van der Waals surface area contributed by atoms with Gasteiger partial charge in [-0.1, -0.05) is 97.1 Å². The van der Waals surface area contributed by atoms with Crippen LogP contribution in [0.3, 0.4) is 0 Å².